The van der Waals surface area contributed by atoms with Gasteiger partial charge in [0, 0.05) is 6.04 Å². The Labute approximate surface area is 97.7 Å². The van der Waals surface area contributed by atoms with E-state index in [1.54, 1.807) is 0 Å². The van der Waals surface area contributed by atoms with Gasteiger partial charge in [0.25, 0.3) is 0 Å². The lowest BCUT2D eigenvalue weighted by Gasteiger charge is -2.21. The van der Waals surface area contributed by atoms with Crippen molar-refractivity contribution in [3.63, 3.8) is 0 Å². The SMILES string of the molecule is CC1CCC(N[C@H](CO)c2ccccc2)C1. The maximum Gasteiger partial charge on any atom is 0.0626 e. The Kier molecular flexibility index (Phi) is 3.97. The topological polar surface area (TPSA) is 32.3 Å². The molecular weight excluding hydrogens is 198 g/mol. The van der Waals surface area contributed by atoms with Gasteiger partial charge in [-0.25, -0.2) is 0 Å². The van der Waals surface area contributed by atoms with Gasteiger partial charge in [-0.1, -0.05) is 37.3 Å². The summed E-state index contributed by atoms with van der Waals surface area (Å²) in [6.07, 6.45) is 3.79. The minimum atomic E-state index is 0.0940. The molecule has 0 saturated heterocycles. The maximum absolute atomic E-state index is 9.44. The Morgan fingerprint density at radius 3 is 2.62 bits per heavy atom. The van der Waals surface area contributed by atoms with Gasteiger partial charge in [-0.05, 0) is 30.7 Å². The molecule has 2 unspecified atom stereocenters. The highest BCUT2D eigenvalue weighted by Crippen LogP contribution is 2.26. The summed E-state index contributed by atoms with van der Waals surface area (Å²) in [7, 11) is 0. The number of aliphatic hydroxyl groups is 1. The number of hydrogen-bond acceptors (Lipinski definition) is 2. The highest BCUT2D eigenvalue weighted by molar-refractivity contribution is 5.19. The van der Waals surface area contributed by atoms with Crippen LogP contribution in [0.1, 0.15) is 37.8 Å². The van der Waals surface area contributed by atoms with Crippen LogP contribution >= 0.6 is 0 Å². The summed E-state index contributed by atoms with van der Waals surface area (Å²) in [6.45, 7) is 2.48. The molecule has 2 rings (SSSR count). The molecule has 1 aromatic rings. The predicted molar refractivity (Wildman–Crippen MR) is 66.2 cm³/mol. The van der Waals surface area contributed by atoms with Crippen molar-refractivity contribution in [3.05, 3.63) is 35.9 Å². The molecule has 88 valence electrons. The smallest absolute Gasteiger partial charge is 0.0626 e. The molecule has 2 N–H and O–H groups in total. The maximum atomic E-state index is 9.44. The van der Waals surface area contributed by atoms with Crippen LogP contribution in [-0.2, 0) is 0 Å². The first-order valence-electron chi connectivity index (χ1n) is 6.21. The monoisotopic (exact) mass is 219 g/mol. The van der Waals surface area contributed by atoms with Crippen molar-refractivity contribution in [3.8, 4) is 0 Å². The van der Waals surface area contributed by atoms with E-state index in [4.69, 9.17) is 0 Å². The number of nitrogens with one attached hydrogen (secondary N) is 1. The lowest BCUT2D eigenvalue weighted by Crippen LogP contribution is -2.32. The molecule has 1 aromatic carbocycles. The highest BCUT2D eigenvalue weighted by atomic mass is 16.3. The predicted octanol–water partition coefficient (Wildman–Crippen LogP) is 2.50. The second-order valence-corrected chi connectivity index (χ2v) is 4.93. The Morgan fingerprint density at radius 1 is 1.31 bits per heavy atom. The molecule has 0 heterocycles. The lowest BCUT2D eigenvalue weighted by atomic mass is 10.1. The lowest BCUT2D eigenvalue weighted by molar-refractivity contribution is 0.232. The van der Waals surface area contributed by atoms with Crippen LogP contribution in [0.2, 0.25) is 0 Å². The van der Waals surface area contributed by atoms with Crippen LogP contribution in [0.3, 0.4) is 0 Å². The molecule has 3 atom stereocenters. The average molecular weight is 219 g/mol. The van der Waals surface area contributed by atoms with E-state index in [1.807, 2.05) is 18.2 Å². The van der Waals surface area contributed by atoms with Crippen molar-refractivity contribution in [1.82, 2.24) is 5.32 Å². The Balaban J connectivity index is 1.96. The van der Waals surface area contributed by atoms with Crippen molar-refractivity contribution in [2.24, 2.45) is 5.92 Å². The van der Waals surface area contributed by atoms with E-state index in [0.29, 0.717) is 6.04 Å². The number of benzene rings is 1. The molecule has 16 heavy (non-hydrogen) atoms. The van der Waals surface area contributed by atoms with E-state index in [2.05, 4.69) is 24.4 Å². The fraction of sp³-hybridized carbons (Fsp3) is 0.571. The first-order valence-corrected chi connectivity index (χ1v) is 6.21. The third kappa shape index (κ3) is 2.83. The first-order chi connectivity index (χ1) is 7.79. The van der Waals surface area contributed by atoms with Crippen LogP contribution in [0.4, 0.5) is 0 Å². The van der Waals surface area contributed by atoms with E-state index in [9.17, 15) is 5.11 Å². The molecule has 0 aliphatic heterocycles. The zero-order valence-corrected chi connectivity index (χ0v) is 9.89. The van der Waals surface area contributed by atoms with Gasteiger partial charge in [0.05, 0.1) is 12.6 Å². The van der Waals surface area contributed by atoms with Gasteiger partial charge in [0.15, 0.2) is 0 Å². The molecule has 0 spiro atoms. The first kappa shape index (κ1) is 11.6. The minimum absolute atomic E-state index is 0.0940. The normalized spacial score (nSPS) is 26.9. The second-order valence-electron chi connectivity index (χ2n) is 4.93. The largest absolute Gasteiger partial charge is 0.394 e. The fourth-order valence-corrected chi connectivity index (χ4v) is 2.58. The highest BCUT2D eigenvalue weighted by Gasteiger charge is 2.23. The van der Waals surface area contributed by atoms with Crippen LogP contribution in [0.25, 0.3) is 0 Å². The number of aliphatic hydroxyl groups excluding tert-OH is 1. The summed E-state index contributed by atoms with van der Waals surface area (Å²) < 4.78 is 0. The molecule has 0 bridgehead atoms. The molecule has 1 saturated carbocycles. The van der Waals surface area contributed by atoms with Crippen molar-refractivity contribution < 1.29 is 5.11 Å². The van der Waals surface area contributed by atoms with Crippen LogP contribution in [-0.4, -0.2) is 17.8 Å². The Bertz CT molecular complexity index is 312. The molecule has 0 radical (unpaired) electrons. The number of hydrogen-bond donors (Lipinski definition) is 2. The molecular formula is C14H21NO. The van der Waals surface area contributed by atoms with Gasteiger partial charge in [0.2, 0.25) is 0 Å². The van der Waals surface area contributed by atoms with Gasteiger partial charge in [-0.15, -0.1) is 0 Å². The van der Waals surface area contributed by atoms with Gasteiger partial charge in [-0.3, -0.25) is 0 Å². The van der Waals surface area contributed by atoms with E-state index < -0.39 is 0 Å². The van der Waals surface area contributed by atoms with E-state index >= 15 is 0 Å². The zero-order valence-electron chi connectivity index (χ0n) is 9.89. The summed E-state index contributed by atoms with van der Waals surface area (Å²) in [4.78, 5) is 0. The third-order valence-electron chi connectivity index (χ3n) is 3.52. The van der Waals surface area contributed by atoms with Crippen molar-refractivity contribution in [2.45, 2.75) is 38.3 Å². The quantitative estimate of drug-likeness (QED) is 0.815. The summed E-state index contributed by atoms with van der Waals surface area (Å²) >= 11 is 0. The Hall–Kier alpha value is -0.860. The van der Waals surface area contributed by atoms with Crippen LogP contribution < -0.4 is 5.32 Å². The molecule has 0 aromatic heterocycles. The fourth-order valence-electron chi connectivity index (χ4n) is 2.58. The number of rotatable bonds is 4. The van der Waals surface area contributed by atoms with Gasteiger partial charge >= 0.3 is 0 Å². The molecule has 2 heteroatoms. The summed E-state index contributed by atoms with van der Waals surface area (Å²) in [5.74, 6) is 0.826. The van der Waals surface area contributed by atoms with Crippen molar-refractivity contribution in [1.29, 1.82) is 0 Å². The van der Waals surface area contributed by atoms with Crippen LogP contribution in [0.5, 0.6) is 0 Å². The summed E-state index contributed by atoms with van der Waals surface area (Å²) in [5, 5.41) is 13.0. The summed E-state index contributed by atoms with van der Waals surface area (Å²) in [5.41, 5.74) is 1.18. The van der Waals surface area contributed by atoms with E-state index in [1.165, 1.54) is 24.8 Å². The standard InChI is InChI=1S/C14H21NO/c1-11-7-8-13(9-11)15-14(10-16)12-5-3-2-4-6-12/h2-6,11,13-16H,7-10H2,1H3/t11?,13?,14-/m1/s1. The third-order valence-corrected chi connectivity index (χ3v) is 3.52. The van der Waals surface area contributed by atoms with E-state index in [-0.39, 0.29) is 12.6 Å². The van der Waals surface area contributed by atoms with Crippen LogP contribution in [0, 0.1) is 5.92 Å². The Morgan fingerprint density at radius 2 is 2.06 bits per heavy atom. The van der Waals surface area contributed by atoms with E-state index in [0.717, 1.165) is 5.92 Å². The molecule has 2 nitrogen and oxygen atoms in total. The van der Waals surface area contributed by atoms with Gasteiger partial charge in [0.1, 0.15) is 0 Å². The van der Waals surface area contributed by atoms with Crippen molar-refractivity contribution >= 4 is 0 Å². The van der Waals surface area contributed by atoms with Gasteiger partial charge in [-0.2, -0.15) is 0 Å². The molecule has 1 fully saturated rings. The molecule has 0 amide bonds. The average Bonchev–Trinajstić information content (AvgIpc) is 2.73. The zero-order chi connectivity index (χ0) is 11.4. The van der Waals surface area contributed by atoms with Gasteiger partial charge < -0.3 is 10.4 Å². The summed E-state index contributed by atoms with van der Waals surface area (Å²) in [6, 6.07) is 10.9. The molecule has 1 aliphatic rings. The van der Waals surface area contributed by atoms with Crippen LogP contribution in [0.15, 0.2) is 30.3 Å². The van der Waals surface area contributed by atoms with Crippen molar-refractivity contribution in [2.75, 3.05) is 6.61 Å². The minimum Gasteiger partial charge on any atom is -0.394 e. The molecule has 1 aliphatic carbocycles. The second kappa shape index (κ2) is 5.46.